The molecular weight excluding hydrogens is 400 g/mol. The van der Waals surface area contributed by atoms with Crippen LogP contribution in [0.3, 0.4) is 0 Å². The van der Waals surface area contributed by atoms with Crippen LogP contribution in [0, 0.1) is 0 Å². The molecule has 24 heavy (non-hydrogen) atoms. The van der Waals surface area contributed by atoms with Crippen molar-refractivity contribution in [3.8, 4) is 0 Å². The second kappa shape index (κ2) is 5.53. The summed E-state index contributed by atoms with van der Waals surface area (Å²) in [6.07, 6.45) is -0.842. The van der Waals surface area contributed by atoms with Gasteiger partial charge in [0.05, 0.1) is 10.4 Å². The van der Waals surface area contributed by atoms with Crippen LogP contribution in [-0.4, -0.2) is 30.9 Å². The highest BCUT2D eigenvalue weighted by Crippen LogP contribution is 2.44. The number of fused-ring (bicyclic) bond motifs is 1. The van der Waals surface area contributed by atoms with Gasteiger partial charge in [-0.1, -0.05) is 15.9 Å². The Morgan fingerprint density at radius 2 is 1.83 bits per heavy atom. The van der Waals surface area contributed by atoms with E-state index in [9.17, 15) is 18.0 Å². The summed E-state index contributed by atoms with van der Waals surface area (Å²) in [5, 5.41) is 5.29. The van der Waals surface area contributed by atoms with Crippen LogP contribution in [0.5, 0.6) is 0 Å². The van der Waals surface area contributed by atoms with Crippen molar-refractivity contribution in [2.75, 3.05) is 0 Å². The summed E-state index contributed by atoms with van der Waals surface area (Å²) in [5.74, 6) is -0.629. The molecule has 0 bridgehead atoms. The lowest BCUT2D eigenvalue weighted by Gasteiger charge is -2.33. The lowest BCUT2D eigenvalue weighted by atomic mass is 9.94. The molecule has 0 unspecified atom stereocenters. The van der Waals surface area contributed by atoms with Crippen LogP contribution in [0.1, 0.15) is 50.5 Å². The van der Waals surface area contributed by atoms with Crippen molar-refractivity contribution in [3.05, 3.63) is 27.7 Å². The van der Waals surface area contributed by atoms with Crippen molar-refractivity contribution in [1.82, 2.24) is 4.90 Å². The zero-order valence-corrected chi connectivity index (χ0v) is 16.4. The Morgan fingerprint density at radius 3 is 2.29 bits per heavy atom. The molecule has 0 radical (unpaired) electrons. The number of primary sulfonamides is 1. The molecule has 2 amide bonds. The average molecular weight is 419 g/mol. The van der Waals surface area contributed by atoms with E-state index in [1.807, 2.05) is 0 Å². The van der Waals surface area contributed by atoms with Gasteiger partial charge in [0.25, 0.3) is 5.91 Å². The van der Waals surface area contributed by atoms with Crippen LogP contribution in [0.4, 0.5) is 4.79 Å². The maximum Gasteiger partial charge on any atom is 0.418 e. The van der Waals surface area contributed by atoms with Crippen molar-refractivity contribution in [2.24, 2.45) is 5.14 Å². The molecule has 7 nitrogen and oxygen atoms in total. The number of ether oxygens (including phenoxy) is 1. The molecule has 132 valence electrons. The van der Waals surface area contributed by atoms with E-state index in [-0.39, 0.29) is 16.0 Å². The summed E-state index contributed by atoms with van der Waals surface area (Å²) in [6, 6.07) is 2.79. The molecule has 1 aromatic rings. The van der Waals surface area contributed by atoms with Gasteiger partial charge in [0, 0.05) is 15.6 Å². The molecule has 2 N–H and O–H groups in total. The van der Waals surface area contributed by atoms with E-state index in [4.69, 9.17) is 9.88 Å². The first-order chi connectivity index (χ1) is 10.7. The molecule has 1 aliphatic rings. The third kappa shape index (κ3) is 3.20. The molecule has 0 spiro atoms. The van der Waals surface area contributed by atoms with Crippen molar-refractivity contribution < 1.29 is 22.7 Å². The number of hydrogen-bond donors (Lipinski definition) is 1. The Morgan fingerprint density at radius 1 is 1.29 bits per heavy atom. The van der Waals surface area contributed by atoms with Crippen molar-refractivity contribution in [2.45, 2.75) is 50.7 Å². The zero-order chi connectivity index (χ0) is 18.7. The van der Waals surface area contributed by atoms with Gasteiger partial charge < -0.3 is 4.74 Å². The van der Waals surface area contributed by atoms with Gasteiger partial charge in [0.1, 0.15) is 5.60 Å². The molecule has 2 rings (SSSR count). The highest BCUT2D eigenvalue weighted by molar-refractivity contribution is 9.10. The first kappa shape index (κ1) is 18.9. The third-order valence-corrected chi connectivity index (χ3v) is 4.95. The number of halogens is 1. The lowest BCUT2D eigenvalue weighted by molar-refractivity contribution is 0.00911. The molecule has 0 aliphatic carbocycles. The number of sulfonamides is 1. The maximum absolute atomic E-state index is 12.7. The fourth-order valence-electron chi connectivity index (χ4n) is 2.71. The topological polar surface area (TPSA) is 107 Å². The molecular formula is C15H19BrN2O5S. The average Bonchev–Trinajstić information content (AvgIpc) is 2.52. The first-order valence-electron chi connectivity index (χ1n) is 7.10. The van der Waals surface area contributed by atoms with Gasteiger partial charge in [-0.15, -0.1) is 0 Å². The SMILES string of the molecule is CC(C)(C)OC(=O)N1C(=O)c2cc(Br)cc(S(N)(=O)=O)c2C1(C)C. The molecule has 0 saturated carbocycles. The number of nitrogens with two attached hydrogens (primary N) is 1. The summed E-state index contributed by atoms with van der Waals surface area (Å²) in [7, 11) is -4.09. The second-order valence-corrected chi connectivity index (χ2v) is 9.50. The van der Waals surface area contributed by atoms with Gasteiger partial charge in [0.2, 0.25) is 10.0 Å². The molecule has 1 aliphatic heterocycles. The van der Waals surface area contributed by atoms with Crippen molar-refractivity contribution in [1.29, 1.82) is 0 Å². The smallest absolute Gasteiger partial charge is 0.418 e. The van der Waals surface area contributed by atoms with E-state index in [0.29, 0.717) is 4.47 Å². The number of amides is 2. The van der Waals surface area contributed by atoms with Gasteiger partial charge >= 0.3 is 6.09 Å². The Kier molecular flexibility index (Phi) is 4.35. The minimum Gasteiger partial charge on any atom is -0.443 e. The number of nitrogens with zero attached hydrogens (tertiary/aromatic N) is 1. The van der Waals surface area contributed by atoms with E-state index >= 15 is 0 Å². The largest absolute Gasteiger partial charge is 0.443 e. The lowest BCUT2D eigenvalue weighted by Crippen LogP contribution is -2.46. The van der Waals surface area contributed by atoms with Crippen LogP contribution >= 0.6 is 15.9 Å². The minimum atomic E-state index is -4.09. The number of carbonyl (C=O) groups is 2. The number of imide groups is 1. The predicted octanol–water partition coefficient (Wildman–Crippen LogP) is 2.72. The van der Waals surface area contributed by atoms with Crippen LogP contribution in [0.2, 0.25) is 0 Å². The molecule has 0 atom stereocenters. The summed E-state index contributed by atoms with van der Waals surface area (Å²) in [6.45, 7) is 8.18. The fraction of sp³-hybridized carbons (Fsp3) is 0.467. The van der Waals surface area contributed by atoms with E-state index < -0.39 is 33.2 Å². The van der Waals surface area contributed by atoms with E-state index in [2.05, 4.69) is 15.9 Å². The highest BCUT2D eigenvalue weighted by atomic mass is 79.9. The highest BCUT2D eigenvalue weighted by Gasteiger charge is 2.50. The van der Waals surface area contributed by atoms with Crippen LogP contribution in [-0.2, 0) is 20.3 Å². The molecule has 0 saturated heterocycles. The Hall–Kier alpha value is -1.45. The number of benzene rings is 1. The third-order valence-electron chi connectivity index (χ3n) is 3.55. The minimum absolute atomic E-state index is 0.101. The summed E-state index contributed by atoms with van der Waals surface area (Å²) >= 11 is 3.17. The van der Waals surface area contributed by atoms with Crippen molar-refractivity contribution in [3.63, 3.8) is 0 Å². The predicted molar refractivity (Wildman–Crippen MR) is 90.9 cm³/mol. The summed E-state index contributed by atoms with van der Waals surface area (Å²) in [5.41, 5.74) is -1.74. The van der Waals surface area contributed by atoms with E-state index in [1.54, 1.807) is 34.6 Å². The van der Waals surface area contributed by atoms with Crippen LogP contribution in [0.15, 0.2) is 21.5 Å². The summed E-state index contributed by atoms with van der Waals surface area (Å²) < 4.78 is 29.6. The molecule has 0 fully saturated rings. The Balaban J connectivity index is 2.69. The van der Waals surface area contributed by atoms with Crippen LogP contribution < -0.4 is 5.14 Å². The molecule has 0 aromatic heterocycles. The van der Waals surface area contributed by atoms with Crippen molar-refractivity contribution >= 4 is 38.0 Å². The monoisotopic (exact) mass is 418 g/mol. The summed E-state index contributed by atoms with van der Waals surface area (Å²) in [4.78, 5) is 26.0. The van der Waals surface area contributed by atoms with E-state index in [0.717, 1.165) is 4.90 Å². The normalized spacial score (nSPS) is 17.0. The number of carbonyl (C=O) groups excluding carboxylic acids is 2. The Labute approximate surface area is 149 Å². The van der Waals surface area contributed by atoms with Gasteiger partial charge in [-0.25, -0.2) is 23.3 Å². The van der Waals surface area contributed by atoms with Gasteiger partial charge in [-0.2, -0.15) is 0 Å². The standard InChI is InChI=1S/C15H19BrN2O5S/c1-14(2,3)23-13(20)18-12(19)9-6-8(16)7-10(24(17,21)22)11(9)15(18,4)5/h6-7H,1-5H3,(H2,17,21,22). The second-order valence-electron chi connectivity index (χ2n) is 7.05. The molecule has 1 aromatic carbocycles. The maximum atomic E-state index is 12.7. The Bertz CT molecular complexity index is 840. The number of rotatable bonds is 1. The quantitative estimate of drug-likeness (QED) is 0.753. The van der Waals surface area contributed by atoms with Crippen LogP contribution in [0.25, 0.3) is 0 Å². The molecule has 1 heterocycles. The van der Waals surface area contributed by atoms with Gasteiger partial charge in [-0.3, -0.25) is 4.79 Å². The van der Waals surface area contributed by atoms with Gasteiger partial charge in [0.15, 0.2) is 0 Å². The molecule has 9 heteroatoms. The van der Waals surface area contributed by atoms with E-state index in [1.165, 1.54) is 12.1 Å². The fourth-order valence-corrected chi connectivity index (χ4v) is 4.26. The zero-order valence-electron chi connectivity index (χ0n) is 14.0. The van der Waals surface area contributed by atoms with Gasteiger partial charge in [-0.05, 0) is 46.8 Å². The number of hydrogen-bond acceptors (Lipinski definition) is 5. The first-order valence-corrected chi connectivity index (χ1v) is 9.44.